The second kappa shape index (κ2) is 3.62. The molecular weight excluding hydrogens is 144 g/mol. The third-order valence-electron chi connectivity index (χ3n) is 1.16. The average Bonchev–Trinajstić information content (AvgIpc) is 2.31. The van der Waals surface area contributed by atoms with Crippen LogP contribution in [0.4, 0.5) is 0 Å². The van der Waals surface area contributed by atoms with Gasteiger partial charge in [-0.15, -0.1) is 11.3 Å². The van der Waals surface area contributed by atoms with Crippen LogP contribution in [0.15, 0.2) is 10.8 Å². The second-order valence-corrected chi connectivity index (χ2v) is 2.85. The van der Waals surface area contributed by atoms with Gasteiger partial charge in [-0.3, -0.25) is 0 Å². The predicted molar refractivity (Wildman–Crippen MR) is 44.6 cm³/mol. The van der Waals surface area contributed by atoms with E-state index in [4.69, 9.17) is 4.74 Å². The van der Waals surface area contributed by atoms with Gasteiger partial charge in [0.25, 0.3) is 0 Å². The van der Waals surface area contributed by atoms with Crippen LogP contribution in [0, 0.1) is 6.92 Å². The van der Waals surface area contributed by atoms with E-state index in [0.717, 1.165) is 24.3 Å². The van der Waals surface area contributed by atoms with Crippen LogP contribution < -0.4 is 4.74 Å². The molecule has 0 atom stereocenters. The SMILES string of the molecule is [CH2]c1cscc1OCCC. The number of hydrogen-bond donors (Lipinski definition) is 0. The number of ether oxygens (including phenoxy) is 1. The zero-order chi connectivity index (χ0) is 7.40. The van der Waals surface area contributed by atoms with Crippen LogP contribution in [0.5, 0.6) is 5.75 Å². The lowest BCUT2D eigenvalue weighted by atomic mass is 10.4. The van der Waals surface area contributed by atoms with E-state index in [1.54, 1.807) is 11.3 Å². The molecule has 0 saturated carbocycles. The second-order valence-electron chi connectivity index (χ2n) is 2.11. The molecule has 2 heteroatoms. The summed E-state index contributed by atoms with van der Waals surface area (Å²) >= 11 is 1.63. The molecule has 1 nitrogen and oxygen atoms in total. The maximum absolute atomic E-state index is 5.37. The van der Waals surface area contributed by atoms with Gasteiger partial charge >= 0.3 is 0 Å². The van der Waals surface area contributed by atoms with Crippen LogP contribution in [0.1, 0.15) is 18.9 Å². The van der Waals surface area contributed by atoms with E-state index in [1.165, 1.54) is 0 Å². The first kappa shape index (κ1) is 7.61. The molecule has 0 amide bonds. The Morgan fingerprint density at radius 3 is 2.90 bits per heavy atom. The smallest absolute Gasteiger partial charge is 0.133 e. The highest BCUT2D eigenvalue weighted by Crippen LogP contribution is 2.21. The predicted octanol–water partition coefficient (Wildman–Crippen LogP) is 2.72. The Bertz CT molecular complexity index is 193. The summed E-state index contributed by atoms with van der Waals surface area (Å²) in [6.45, 7) is 6.70. The molecule has 1 rings (SSSR count). The molecule has 0 aliphatic rings. The highest BCUT2D eigenvalue weighted by Gasteiger charge is 1.97. The fraction of sp³-hybridized carbons (Fsp3) is 0.375. The van der Waals surface area contributed by atoms with E-state index in [1.807, 2.05) is 10.8 Å². The van der Waals surface area contributed by atoms with E-state index in [2.05, 4.69) is 13.8 Å². The van der Waals surface area contributed by atoms with Crippen molar-refractivity contribution in [2.45, 2.75) is 13.3 Å². The minimum absolute atomic E-state index is 0.791. The van der Waals surface area contributed by atoms with Gasteiger partial charge in [0.05, 0.1) is 6.61 Å². The summed E-state index contributed by atoms with van der Waals surface area (Å²) in [5.41, 5.74) is 0.999. The Morgan fingerprint density at radius 2 is 2.40 bits per heavy atom. The summed E-state index contributed by atoms with van der Waals surface area (Å²) in [6, 6.07) is 0. The molecule has 1 radical (unpaired) electrons. The van der Waals surface area contributed by atoms with Crippen molar-refractivity contribution in [2.75, 3.05) is 6.61 Å². The van der Waals surface area contributed by atoms with Crippen molar-refractivity contribution < 1.29 is 4.74 Å². The fourth-order valence-electron chi connectivity index (χ4n) is 0.650. The topological polar surface area (TPSA) is 9.23 Å². The van der Waals surface area contributed by atoms with Crippen LogP contribution in [0.2, 0.25) is 0 Å². The van der Waals surface area contributed by atoms with E-state index >= 15 is 0 Å². The highest BCUT2D eigenvalue weighted by atomic mass is 32.1. The van der Waals surface area contributed by atoms with Crippen LogP contribution in [-0.2, 0) is 0 Å². The monoisotopic (exact) mass is 155 g/mol. The molecule has 0 bridgehead atoms. The first-order valence-corrected chi connectivity index (χ1v) is 4.30. The zero-order valence-corrected chi connectivity index (χ0v) is 6.91. The maximum atomic E-state index is 5.37. The standard InChI is InChI=1S/C8H11OS/c1-3-4-9-8-6-10-5-7(8)2/h5-6H,2-4H2,1H3. The van der Waals surface area contributed by atoms with Crippen molar-refractivity contribution in [1.29, 1.82) is 0 Å². The molecule has 1 aromatic heterocycles. The van der Waals surface area contributed by atoms with Crippen LogP contribution in [-0.4, -0.2) is 6.61 Å². The molecule has 55 valence electrons. The summed E-state index contributed by atoms with van der Waals surface area (Å²) < 4.78 is 5.37. The van der Waals surface area contributed by atoms with Gasteiger partial charge in [-0.1, -0.05) is 6.92 Å². The first-order chi connectivity index (χ1) is 4.84. The molecule has 0 aliphatic heterocycles. The van der Waals surface area contributed by atoms with Crippen molar-refractivity contribution in [3.05, 3.63) is 23.2 Å². The third kappa shape index (κ3) is 1.74. The van der Waals surface area contributed by atoms with Gasteiger partial charge in [-0.25, -0.2) is 0 Å². The Hall–Kier alpha value is -0.500. The number of rotatable bonds is 3. The van der Waals surface area contributed by atoms with Crippen molar-refractivity contribution in [3.8, 4) is 5.75 Å². The van der Waals surface area contributed by atoms with Gasteiger partial charge in [0, 0.05) is 10.9 Å². The summed E-state index contributed by atoms with van der Waals surface area (Å²) in [5, 5.41) is 3.98. The van der Waals surface area contributed by atoms with Crippen molar-refractivity contribution in [3.63, 3.8) is 0 Å². The van der Waals surface area contributed by atoms with Gasteiger partial charge in [0.15, 0.2) is 0 Å². The summed E-state index contributed by atoms with van der Waals surface area (Å²) in [5.74, 6) is 0.937. The Balaban J connectivity index is 2.49. The largest absolute Gasteiger partial charge is 0.492 e. The fourth-order valence-corrected chi connectivity index (χ4v) is 1.34. The van der Waals surface area contributed by atoms with Crippen LogP contribution >= 0.6 is 11.3 Å². The number of hydrogen-bond acceptors (Lipinski definition) is 2. The minimum Gasteiger partial charge on any atom is -0.492 e. The lowest BCUT2D eigenvalue weighted by molar-refractivity contribution is 0.317. The summed E-state index contributed by atoms with van der Waals surface area (Å²) in [4.78, 5) is 0. The molecule has 0 fully saturated rings. The van der Waals surface area contributed by atoms with Crippen LogP contribution in [0.3, 0.4) is 0 Å². The molecule has 1 aromatic rings. The Kier molecular flexibility index (Phi) is 2.75. The van der Waals surface area contributed by atoms with Crippen molar-refractivity contribution in [2.24, 2.45) is 0 Å². The molecule has 10 heavy (non-hydrogen) atoms. The van der Waals surface area contributed by atoms with E-state index in [-0.39, 0.29) is 0 Å². The molecular formula is C8H11OS. The van der Waals surface area contributed by atoms with Crippen LogP contribution in [0.25, 0.3) is 0 Å². The van der Waals surface area contributed by atoms with Gasteiger partial charge in [-0.2, -0.15) is 0 Å². The molecule has 0 unspecified atom stereocenters. The zero-order valence-electron chi connectivity index (χ0n) is 6.09. The van der Waals surface area contributed by atoms with Gasteiger partial charge < -0.3 is 4.74 Å². The van der Waals surface area contributed by atoms with Gasteiger partial charge in [-0.05, 0) is 18.7 Å². The lowest BCUT2D eigenvalue weighted by Crippen LogP contribution is -1.94. The van der Waals surface area contributed by atoms with E-state index in [9.17, 15) is 0 Å². The molecule has 0 aliphatic carbocycles. The third-order valence-corrected chi connectivity index (χ3v) is 1.93. The maximum Gasteiger partial charge on any atom is 0.133 e. The molecule has 0 N–H and O–H groups in total. The first-order valence-electron chi connectivity index (χ1n) is 3.35. The van der Waals surface area contributed by atoms with E-state index in [0.29, 0.717) is 0 Å². The average molecular weight is 155 g/mol. The summed E-state index contributed by atoms with van der Waals surface area (Å²) in [7, 11) is 0. The number of thiophene rings is 1. The molecule has 0 saturated heterocycles. The lowest BCUT2D eigenvalue weighted by Gasteiger charge is -2.01. The van der Waals surface area contributed by atoms with Crippen molar-refractivity contribution in [1.82, 2.24) is 0 Å². The normalized spacial score (nSPS) is 9.80. The quantitative estimate of drug-likeness (QED) is 0.652. The Morgan fingerprint density at radius 1 is 1.60 bits per heavy atom. The summed E-state index contributed by atoms with van der Waals surface area (Å²) in [6.07, 6.45) is 1.05. The minimum atomic E-state index is 0.791. The van der Waals surface area contributed by atoms with Gasteiger partial charge in [0.2, 0.25) is 0 Å². The van der Waals surface area contributed by atoms with Gasteiger partial charge in [0.1, 0.15) is 5.75 Å². The molecule has 0 spiro atoms. The Labute approximate surface area is 65.6 Å². The van der Waals surface area contributed by atoms with E-state index < -0.39 is 0 Å². The van der Waals surface area contributed by atoms with Crippen molar-refractivity contribution >= 4 is 11.3 Å². The molecule has 1 heterocycles. The molecule has 0 aromatic carbocycles. The highest BCUT2D eigenvalue weighted by molar-refractivity contribution is 7.08.